The van der Waals surface area contributed by atoms with Crippen LogP contribution < -0.4 is 5.32 Å². The molecular formula is C23H46N2O2. The molecule has 0 saturated carbocycles. The van der Waals surface area contributed by atoms with Gasteiger partial charge in [-0.05, 0) is 6.42 Å². The summed E-state index contributed by atoms with van der Waals surface area (Å²) in [4.78, 5) is 13.6. The molecule has 1 N–H and O–H groups in total. The van der Waals surface area contributed by atoms with Crippen LogP contribution in [0.1, 0.15) is 110 Å². The van der Waals surface area contributed by atoms with Crippen molar-refractivity contribution >= 4 is 6.09 Å². The Kier molecular flexibility index (Phi) is 16.7. The largest absolute Gasteiger partial charge is 0.449 e. The second-order valence-corrected chi connectivity index (χ2v) is 8.15. The van der Waals surface area contributed by atoms with Gasteiger partial charge in [-0.2, -0.15) is 0 Å². The fraction of sp³-hybridized carbons (Fsp3) is 0.957. The molecule has 4 nitrogen and oxygen atoms in total. The van der Waals surface area contributed by atoms with Crippen molar-refractivity contribution in [3.63, 3.8) is 0 Å². The van der Waals surface area contributed by atoms with Crippen molar-refractivity contribution < 1.29 is 9.53 Å². The van der Waals surface area contributed by atoms with Gasteiger partial charge in [0.15, 0.2) is 0 Å². The van der Waals surface area contributed by atoms with Crippen molar-refractivity contribution in [3.05, 3.63) is 0 Å². The number of amides is 1. The fourth-order valence-corrected chi connectivity index (χ4v) is 3.75. The van der Waals surface area contributed by atoms with Crippen LogP contribution in [0.5, 0.6) is 0 Å². The first-order valence-electron chi connectivity index (χ1n) is 12.0. The first-order valence-corrected chi connectivity index (χ1v) is 12.0. The average Bonchev–Trinajstić information content (AvgIpc) is 2.70. The van der Waals surface area contributed by atoms with E-state index in [1.807, 2.05) is 4.90 Å². The predicted octanol–water partition coefficient (Wildman–Crippen LogP) is 6.29. The number of nitrogens with zero attached hydrogens (tertiary/aromatic N) is 1. The van der Waals surface area contributed by atoms with E-state index in [1.165, 1.54) is 96.3 Å². The Balaban J connectivity index is 1.71. The lowest BCUT2D eigenvalue weighted by Crippen LogP contribution is -2.46. The summed E-state index contributed by atoms with van der Waals surface area (Å²) in [6, 6.07) is 0. The highest BCUT2D eigenvalue weighted by Gasteiger charge is 2.16. The lowest BCUT2D eigenvalue weighted by molar-refractivity contribution is 0.0960. The molecule has 1 saturated heterocycles. The van der Waals surface area contributed by atoms with E-state index in [0.29, 0.717) is 6.61 Å². The molecule has 1 amide bonds. The molecule has 0 aromatic rings. The van der Waals surface area contributed by atoms with Crippen LogP contribution in [0.25, 0.3) is 0 Å². The molecular weight excluding hydrogens is 336 g/mol. The third-order valence-corrected chi connectivity index (χ3v) is 5.60. The number of piperazine rings is 1. The van der Waals surface area contributed by atoms with Gasteiger partial charge in [0.1, 0.15) is 0 Å². The van der Waals surface area contributed by atoms with Gasteiger partial charge in [-0.15, -0.1) is 0 Å². The number of nitrogens with one attached hydrogen (secondary N) is 1. The van der Waals surface area contributed by atoms with Gasteiger partial charge in [0.2, 0.25) is 0 Å². The van der Waals surface area contributed by atoms with Crippen LogP contribution >= 0.6 is 0 Å². The van der Waals surface area contributed by atoms with E-state index in [4.69, 9.17) is 4.74 Å². The van der Waals surface area contributed by atoms with Gasteiger partial charge in [-0.25, -0.2) is 4.79 Å². The monoisotopic (exact) mass is 382 g/mol. The lowest BCUT2D eigenvalue weighted by atomic mass is 10.0. The molecule has 0 atom stereocenters. The second-order valence-electron chi connectivity index (χ2n) is 8.15. The summed E-state index contributed by atoms with van der Waals surface area (Å²) in [5.41, 5.74) is 0. The van der Waals surface area contributed by atoms with Crippen molar-refractivity contribution in [2.24, 2.45) is 0 Å². The van der Waals surface area contributed by atoms with E-state index in [9.17, 15) is 4.79 Å². The summed E-state index contributed by atoms with van der Waals surface area (Å²) in [6.07, 6.45) is 21.7. The van der Waals surface area contributed by atoms with Gasteiger partial charge in [0.25, 0.3) is 0 Å². The topological polar surface area (TPSA) is 41.6 Å². The van der Waals surface area contributed by atoms with Gasteiger partial charge in [0, 0.05) is 26.2 Å². The Bertz CT molecular complexity index is 330. The van der Waals surface area contributed by atoms with Crippen molar-refractivity contribution in [1.82, 2.24) is 10.2 Å². The number of carbonyl (C=O) groups is 1. The molecule has 1 rings (SSSR count). The molecule has 0 aromatic heterocycles. The first kappa shape index (κ1) is 24.3. The van der Waals surface area contributed by atoms with E-state index in [2.05, 4.69) is 12.2 Å². The minimum Gasteiger partial charge on any atom is -0.449 e. The molecule has 4 heteroatoms. The maximum atomic E-state index is 11.8. The van der Waals surface area contributed by atoms with Crippen LogP contribution in [-0.4, -0.2) is 43.8 Å². The van der Waals surface area contributed by atoms with Crippen molar-refractivity contribution in [2.45, 2.75) is 110 Å². The third kappa shape index (κ3) is 14.9. The van der Waals surface area contributed by atoms with E-state index in [-0.39, 0.29) is 6.09 Å². The zero-order valence-corrected chi connectivity index (χ0v) is 18.1. The van der Waals surface area contributed by atoms with Gasteiger partial charge >= 0.3 is 6.09 Å². The van der Waals surface area contributed by atoms with Gasteiger partial charge < -0.3 is 15.0 Å². The summed E-state index contributed by atoms with van der Waals surface area (Å²) < 4.78 is 5.36. The summed E-state index contributed by atoms with van der Waals surface area (Å²) in [7, 11) is 0. The first-order chi connectivity index (χ1) is 13.3. The molecule has 1 heterocycles. The Labute approximate surface area is 168 Å². The molecule has 1 aliphatic heterocycles. The average molecular weight is 383 g/mol. The minimum absolute atomic E-state index is 0.127. The number of hydrogen-bond donors (Lipinski definition) is 1. The van der Waals surface area contributed by atoms with Crippen LogP contribution in [0.3, 0.4) is 0 Å². The van der Waals surface area contributed by atoms with Crippen molar-refractivity contribution in [1.29, 1.82) is 0 Å². The Morgan fingerprint density at radius 1 is 0.704 bits per heavy atom. The summed E-state index contributed by atoms with van der Waals surface area (Å²) >= 11 is 0. The van der Waals surface area contributed by atoms with Gasteiger partial charge in [-0.1, -0.05) is 103 Å². The molecule has 0 aliphatic carbocycles. The number of rotatable bonds is 17. The molecule has 0 aromatic carbocycles. The summed E-state index contributed by atoms with van der Waals surface area (Å²) in [5.74, 6) is 0. The Morgan fingerprint density at radius 2 is 1.11 bits per heavy atom. The van der Waals surface area contributed by atoms with Crippen LogP contribution in [0.15, 0.2) is 0 Å². The van der Waals surface area contributed by atoms with E-state index >= 15 is 0 Å². The zero-order chi connectivity index (χ0) is 19.4. The summed E-state index contributed by atoms with van der Waals surface area (Å²) in [6.45, 7) is 6.19. The SMILES string of the molecule is CCCCCCCCCCCCCCCCCCOC(=O)N1CCNCC1. The van der Waals surface area contributed by atoms with Crippen molar-refractivity contribution in [3.8, 4) is 0 Å². The molecule has 0 unspecified atom stereocenters. The van der Waals surface area contributed by atoms with E-state index < -0.39 is 0 Å². The molecule has 27 heavy (non-hydrogen) atoms. The molecule has 1 aliphatic rings. The molecule has 0 spiro atoms. The molecule has 0 radical (unpaired) electrons. The Morgan fingerprint density at radius 3 is 1.56 bits per heavy atom. The number of carbonyl (C=O) groups excluding carboxylic acids is 1. The third-order valence-electron chi connectivity index (χ3n) is 5.60. The highest BCUT2D eigenvalue weighted by atomic mass is 16.6. The smallest absolute Gasteiger partial charge is 0.409 e. The quantitative estimate of drug-likeness (QED) is 0.301. The standard InChI is InChI=1S/C23H46N2O2/c1-2-3-4-5-6-7-8-9-10-11-12-13-14-15-16-17-22-27-23(26)25-20-18-24-19-21-25/h24H,2-22H2,1H3. The van der Waals surface area contributed by atoms with E-state index in [1.54, 1.807) is 0 Å². The second kappa shape index (κ2) is 18.6. The van der Waals surface area contributed by atoms with Gasteiger partial charge in [-0.3, -0.25) is 0 Å². The number of unbranched alkanes of at least 4 members (excludes halogenated alkanes) is 15. The molecule has 1 fully saturated rings. The van der Waals surface area contributed by atoms with Crippen LogP contribution in [0, 0.1) is 0 Å². The number of ether oxygens (including phenoxy) is 1. The van der Waals surface area contributed by atoms with Crippen molar-refractivity contribution in [2.75, 3.05) is 32.8 Å². The Hall–Kier alpha value is -0.770. The van der Waals surface area contributed by atoms with Crippen LogP contribution in [0.2, 0.25) is 0 Å². The fourth-order valence-electron chi connectivity index (χ4n) is 3.75. The maximum Gasteiger partial charge on any atom is 0.409 e. The predicted molar refractivity (Wildman–Crippen MR) is 115 cm³/mol. The highest BCUT2D eigenvalue weighted by Crippen LogP contribution is 2.13. The number of hydrogen-bond acceptors (Lipinski definition) is 3. The summed E-state index contributed by atoms with van der Waals surface area (Å²) in [5, 5.41) is 3.25. The van der Waals surface area contributed by atoms with E-state index in [0.717, 1.165) is 32.6 Å². The minimum atomic E-state index is -0.127. The van der Waals surface area contributed by atoms with Gasteiger partial charge in [0.05, 0.1) is 6.61 Å². The van der Waals surface area contributed by atoms with Crippen LogP contribution in [-0.2, 0) is 4.74 Å². The lowest BCUT2D eigenvalue weighted by Gasteiger charge is -2.26. The molecule has 160 valence electrons. The molecule has 0 bridgehead atoms. The zero-order valence-electron chi connectivity index (χ0n) is 18.1. The normalized spacial score (nSPS) is 14.5. The maximum absolute atomic E-state index is 11.8. The van der Waals surface area contributed by atoms with Crippen LogP contribution in [0.4, 0.5) is 4.79 Å². The highest BCUT2D eigenvalue weighted by molar-refractivity contribution is 5.67.